The Morgan fingerprint density at radius 2 is 1.50 bits per heavy atom. The van der Waals surface area contributed by atoms with Crippen LogP contribution in [0.3, 0.4) is 0 Å². The van der Waals surface area contributed by atoms with Crippen LogP contribution in [0.25, 0.3) is 5.32 Å². The van der Waals surface area contributed by atoms with Crippen LogP contribution in [0.5, 0.6) is 0 Å². The van der Waals surface area contributed by atoms with E-state index in [0.29, 0.717) is 13.5 Å². The SMILES string of the molecule is COC[N-]COC.[Li+]. The van der Waals surface area contributed by atoms with Crippen molar-refractivity contribution < 1.29 is 28.3 Å². The summed E-state index contributed by atoms with van der Waals surface area (Å²) >= 11 is 0. The minimum Gasteiger partial charge on any atom is -0.617 e. The summed E-state index contributed by atoms with van der Waals surface area (Å²) in [6.45, 7) is 0.849. The van der Waals surface area contributed by atoms with Crippen molar-refractivity contribution in [1.82, 2.24) is 0 Å². The van der Waals surface area contributed by atoms with Crippen molar-refractivity contribution in [3.63, 3.8) is 0 Å². The number of nitrogens with zero attached hydrogens (tertiary/aromatic N) is 1. The third-order valence-electron chi connectivity index (χ3n) is 0.441. The number of hydrogen-bond donors (Lipinski definition) is 0. The van der Waals surface area contributed by atoms with E-state index in [1.165, 1.54) is 0 Å². The fourth-order valence-corrected chi connectivity index (χ4v) is 0.220. The molecule has 3 nitrogen and oxygen atoms in total. The van der Waals surface area contributed by atoms with Crippen molar-refractivity contribution >= 4 is 0 Å². The molecule has 0 saturated heterocycles. The van der Waals surface area contributed by atoms with Crippen LogP contribution in [0.2, 0.25) is 0 Å². The van der Waals surface area contributed by atoms with Gasteiger partial charge in [0, 0.05) is 14.2 Å². The third kappa shape index (κ3) is 9.69. The molecule has 0 N–H and O–H groups in total. The maximum Gasteiger partial charge on any atom is 1.00 e. The van der Waals surface area contributed by atoms with Crippen molar-refractivity contribution in [3.8, 4) is 0 Å². The molecule has 0 saturated carbocycles. The summed E-state index contributed by atoms with van der Waals surface area (Å²) in [5.74, 6) is 0. The fraction of sp³-hybridized carbons (Fsp3) is 1.00. The molecule has 0 atom stereocenters. The van der Waals surface area contributed by atoms with Gasteiger partial charge < -0.3 is 14.8 Å². The second kappa shape index (κ2) is 10.5. The molecule has 0 radical (unpaired) electrons. The van der Waals surface area contributed by atoms with E-state index in [-0.39, 0.29) is 18.9 Å². The predicted octanol–water partition coefficient (Wildman–Crippen LogP) is -2.43. The molecule has 44 valence electrons. The molecule has 0 unspecified atom stereocenters. The van der Waals surface area contributed by atoms with Gasteiger partial charge in [0.05, 0.1) is 0 Å². The minimum atomic E-state index is 0. The Morgan fingerprint density at radius 1 is 1.12 bits per heavy atom. The van der Waals surface area contributed by atoms with Gasteiger partial charge in [-0.1, -0.05) is 0 Å². The number of methoxy groups -OCH3 is 2. The van der Waals surface area contributed by atoms with Crippen LogP contribution >= 0.6 is 0 Å². The summed E-state index contributed by atoms with van der Waals surface area (Å²) in [5, 5.41) is 3.76. The Labute approximate surface area is 61.9 Å². The zero-order valence-corrected chi connectivity index (χ0v) is 5.68. The van der Waals surface area contributed by atoms with Crippen LogP contribution < -0.4 is 18.9 Å². The summed E-state index contributed by atoms with van der Waals surface area (Å²) in [5.41, 5.74) is 0. The topological polar surface area (TPSA) is 32.6 Å². The predicted molar refractivity (Wildman–Crippen MR) is 27.1 cm³/mol. The van der Waals surface area contributed by atoms with Crippen molar-refractivity contribution in [2.75, 3.05) is 27.7 Å². The first-order valence-electron chi connectivity index (χ1n) is 2.03. The van der Waals surface area contributed by atoms with Crippen molar-refractivity contribution in [2.45, 2.75) is 0 Å². The largest absolute Gasteiger partial charge is 1.00 e. The van der Waals surface area contributed by atoms with E-state index in [4.69, 9.17) is 0 Å². The van der Waals surface area contributed by atoms with Gasteiger partial charge >= 0.3 is 18.9 Å². The third-order valence-corrected chi connectivity index (χ3v) is 0.441. The summed E-state index contributed by atoms with van der Waals surface area (Å²) in [6, 6.07) is 0. The van der Waals surface area contributed by atoms with E-state index in [2.05, 4.69) is 14.8 Å². The van der Waals surface area contributed by atoms with Crippen LogP contribution in [0.15, 0.2) is 0 Å². The van der Waals surface area contributed by atoms with Crippen LogP contribution in [-0.2, 0) is 9.47 Å². The van der Waals surface area contributed by atoms with Gasteiger partial charge in [-0.05, 0) is 13.5 Å². The van der Waals surface area contributed by atoms with Gasteiger partial charge in [-0.2, -0.15) is 0 Å². The van der Waals surface area contributed by atoms with Gasteiger partial charge in [0.1, 0.15) is 0 Å². The number of rotatable bonds is 4. The second-order valence-electron chi connectivity index (χ2n) is 1.06. The Hall–Kier alpha value is 0.477. The van der Waals surface area contributed by atoms with E-state index in [1.807, 2.05) is 0 Å². The molecule has 0 heterocycles. The monoisotopic (exact) mass is 111 g/mol. The Bertz CT molecular complexity index is 33.2. The van der Waals surface area contributed by atoms with Crippen molar-refractivity contribution in [3.05, 3.63) is 5.32 Å². The average Bonchev–Trinajstić information content (AvgIpc) is 1.69. The summed E-state index contributed by atoms with van der Waals surface area (Å²) in [6.07, 6.45) is 0. The molecule has 0 aliphatic rings. The van der Waals surface area contributed by atoms with Crippen LogP contribution in [0, 0.1) is 0 Å². The second-order valence-corrected chi connectivity index (χ2v) is 1.06. The van der Waals surface area contributed by atoms with Crippen LogP contribution in [-0.4, -0.2) is 27.7 Å². The standard InChI is InChI=1S/C4H10NO2.Li/c1-6-3-5-4-7-2;/h3-4H2,1-2H3;/q-1;+1. The smallest absolute Gasteiger partial charge is 0.617 e. The zero-order valence-electron chi connectivity index (χ0n) is 5.68. The molecule has 0 fully saturated rings. The van der Waals surface area contributed by atoms with Crippen molar-refractivity contribution in [1.29, 1.82) is 0 Å². The Kier molecular flexibility index (Phi) is 14.8. The summed E-state index contributed by atoms with van der Waals surface area (Å²) in [7, 11) is 3.19. The van der Waals surface area contributed by atoms with E-state index in [9.17, 15) is 0 Å². The minimum absolute atomic E-state index is 0. The van der Waals surface area contributed by atoms with Gasteiger partial charge in [0.15, 0.2) is 0 Å². The van der Waals surface area contributed by atoms with Crippen LogP contribution in [0.4, 0.5) is 0 Å². The van der Waals surface area contributed by atoms with E-state index in [0.717, 1.165) is 0 Å². The Morgan fingerprint density at radius 3 is 1.75 bits per heavy atom. The maximum atomic E-state index is 4.60. The van der Waals surface area contributed by atoms with Gasteiger partial charge in [-0.25, -0.2) is 0 Å². The van der Waals surface area contributed by atoms with Gasteiger partial charge in [-0.15, -0.1) is 0 Å². The average molecular weight is 111 g/mol. The van der Waals surface area contributed by atoms with E-state index in [1.54, 1.807) is 14.2 Å². The first-order valence-corrected chi connectivity index (χ1v) is 2.03. The number of hydrogen-bond acceptors (Lipinski definition) is 2. The summed E-state index contributed by atoms with van der Waals surface area (Å²) in [4.78, 5) is 0. The Balaban J connectivity index is 0. The zero-order chi connectivity index (χ0) is 5.54. The normalized spacial score (nSPS) is 8.25. The molecule has 0 rings (SSSR count). The molecule has 0 spiro atoms. The van der Waals surface area contributed by atoms with E-state index < -0.39 is 0 Å². The molecule has 0 aromatic heterocycles. The molecule has 0 amide bonds. The molecular weight excluding hydrogens is 101 g/mol. The molecule has 0 aliphatic heterocycles. The molecular formula is C4H10LiNO2. The van der Waals surface area contributed by atoms with Gasteiger partial charge in [0.25, 0.3) is 0 Å². The quantitative estimate of drug-likeness (QED) is 0.298. The molecule has 0 aliphatic carbocycles. The first kappa shape index (κ1) is 11.3. The number of ether oxygens (including phenoxy) is 2. The van der Waals surface area contributed by atoms with E-state index >= 15 is 0 Å². The molecule has 0 bridgehead atoms. The summed E-state index contributed by atoms with van der Waals surface area (Å²) < 4.78 is 9.19. The maximum absolute atomic E-state index is 4.60. The molecule has 0 aromatic rings. The van der Waals surface area contributed by atoms with Gasteiger partial charge in [0.2, 0.25) is 0 Å². The molecule has 0 aromatic carbocycles. The molecule has 4 heteroatoms. The van der Waals surface area contributed by atoms with Gasteiger partial charge in [-0.3, -0.25) is 0 Å². The first-order chi connectivity index (χ1) is 3.41. The molecule has 8 heavy (non-hydrogen) atoms. The van der Waals surface area contributed by atoms with Crippen LogP contribution in [0.1, 0.15) is 0 Å². The fourth-order valence-electron chi connectivity index (χ4n) is 0.220. The van der Waals surface area contributed by atoms with Crippen molar-refractivity contribution in [2.24, 2.45) is 0 Å².